The summed E-state index contributed by atoms with van der Waals surface area (Å²) >= 11 is 12.0. The van der Waals surface area contributed by atoms with Gasteiger partial charge in [-0.15, -0.1) is 11.6 Å². The average Bonchev–Trinajstić information content (AvgIpc) is 2.38. The third kappa shape index (κ3) is 3.53. The molecule has 0 amide bonds. The van der Waals surface area contributed by atoms with Crippen molar-refractivity contribution < 1.29 is 4.74 Å². The molecular formula is C14H18Cl2O. The molecule has 2 rings (SSSR count). The van der Waals surface area contributed by atoms with Crippen LogP contribution in [0.25, 0.3) is 0 Å². The molecule has 0 radical (unpaired) electrons. The van der Waals surface area contributed by atoms with Gasteiger partial charge in [0.1, 0.15) is 5.75 Å². The molecule has 3 heteroatoms. The average molecular weight is 273 g/mol. The molecule has 0 heterocycles. The minimum atomic E-state index is 0.445. The first-order valence-corrected chi connectivity index (χ1v) is 7.18. The van der Waals surface area contributed by atoms with Crippen LogP contribution in [-0.4, -0.2) is 6.61 Å². The monoisotopic (exact) mass is 272 g/mol. The van der Waals surface area contributed by atoms with E-state index in [1.807, 2.05) is 18.2 Å². The Balaban J connectivity index is 1.97. The molecule has 0 unspecified atom stereocenters. The first-order chi connectivity index (χ1) is 8.31. The molecule has 1 aromatic carbocycles. The van der Waals surface area contributed by atoms with E-state index in [1.165, 1.54) is 32.1 Å². The summed E-state index contributed by atoms with van der Waals surface area (Å²) in [6, 6.07) is 5.73. The van der Waals surface area contributed by atoms with E-state index in [2.05, 4.69) is 0 Å². The SMILES string of the molecule is ClCc1cccc(Cl)c1OCC1CCCCC1. The maximum Gasteiger partial charge on any atom is 0.142 e. The number of rotatable bonds is 4. The number of alkyl halides is 1. The van der Waals surface area contributed by atoms with Crippen LogP contribution in [-0.2, 0) is 5.88 Å². The molecule has 1 saturated carbocycles. The Morgan fingerprint density at radius 1 is 1.18 bits per heavy atom. The molecule has 0 bridgehead atoms. The van der Waals surface area contributed by atoms with Crippen molar-refractivity contribution in [1.29, 1.82) is 0 Å². The lowest BCUT2D eigenvalue weighted by molar-refractivity contribution is 0.208. The normalized spacial score (nSPS) is 17.1. The van der Waals surface area contributed by atoms with Gasteiger partial charge in [0.15, 0.2) is 0 Å². The van der Waals surface area contributed by atoms with E-state index in [0.29, 0.717) is 16.8 Å². The fourth-order valence-electron chi connectivity index (χ4n) is 2.38. The predicted molar refractivity (Wildman–Crippen MR) is 73.1 cm³/mol. The molecule has 0 saturated heterocycles. The van der Waals surface area contributed by atoms with E-state index in [-0.39, 0.29) is 0 Å². The van der Waals surface area contributed by atoms with Gasteiger partial charge >= 0.3 is 0 Å². The van der Waals surface area contributed by atoms with Crippen molar-refractivity contribution in [3.05, 3.63) is 28.8 Å². The number of ether oxygens (including phenoxy) is 1. The smallest absolute Gasteiger partial charge is 0.142 e. The molecule has 0 atom stereocenters. The highest BCUT2D eigenvalue weighted by Gasteiger charge is 2.15. The first kappa shape index (κ1) is 13.0. The van der Waals surface area contributed by atoms with Crippen molar-refractivity contribution in [2.75, 3.05) is 6.61 Å². The van der Waals surface area contributed by atoms with Crippen LogP contribution < -0.4 is 4.74 Å². The summed E-state index contributed by atoms with van der Waals surface area (Å²) in [5.41, 5.74) is 0.981. The van der Waals surface area contributed by atoms with Crippen molar-refractivity contribution in [3.8, 4) is 5.75 Å². The molecule has 1 aliphatic rings. The first-order valence-electron chi connectivity index (χ1n) is 6.27. The molecule has 0 aliphatic heterocycles. The minimum Gasteiger partial charge on any atom is -0.491 e. The van der Waals surface area contributed by atoms with Crippen LogP contribution in [0.2, 0.25) is 5.02 Å². The van der Waals surface area contributed by atoms with Crippen LogP contribution >= 0.6 is 23.2 Å². The molecule has 1 aromatic rings. The molecule has 0 N–H and O–H groups in total. The third-order valence-corrected chi connectivity index (χ3v) is 3.97. The van der Waals surface area contributed by atoms with Gasteiger partial charge in [0.2, 0.25) is 0 Å². The molecule has 94 valence electrons. The summed E-state index contributed by atoms with van der Waals surface area (Å²) in [5, 5.41) is 0.666. The van der Waals surface area contributed by atoms with E-state index in [0.717, 1.165) is 17.9 Å². The Kier molecular flexibility index (Phi) is 4.99. The van der Waals surface area contributed by atoms with Crippen LogP contribution in [0.1, 0.15) is 37.7 Å². The summed E-state index contributed by atoms with van der Waals surface area (Å²) in [4.78, 5) is 0. The predicted octanol–water partition coefficient (Wildman–Crippen LogP) is 5.04. The fourth-order valence-corrected chi connectivity index (χ4v) is 2.83. The number of halogens is 2. The van der Waals surface area contributed by atoms with E-state index in [4.69, 9.17) is 27.9 Å². The zero-order valence-corrected chi connectivity index (χ0v) is 11.4. The van der Waals surface area contributed by atoms with Gasteiger partial charge in [0.25, 0.3) is 0 Å². The topological polar surface area (TPSA) is 9.23 Å². The molecular weight excluding hydrogens is 255 g/mol. The largest absolute Gasteiger partial charge is 0.491 e. The fraction of sp³-hybridized carbons (Fsp3) is 0.571. The zero-order valence-electron chi connectivity index (χ0n) is 9.92. The summed E-state index contributed by atoms with van der Waals surface area (Å²) in [6.07, 6.45) is 6.59. The summed E-state index contributed by atoms with van der Waals surface area (Å²) in [7, 11) is 0. The Hall–Kier alpha value is -0.400. The molecule has 17 heavy (non-hydrogen) atoms. The van der Waals surface area contributed by atoms with Gasteiger partial charge in [-0.05, 0) is 24.8 Å². The standard InChI is InChI=1S/C14H18Cl2O/c15-9-12-7-4-8-13(16)14(12)17-10-11-5-2-1-3-6-11/h4,7-8,11H,1-3,5-6,9-10H2. The van der Waals surface area contributed by atoms with Crippen LogP contribution in [0.3, 0.4) is 0 Å². The minimum absolute atomic E-state index is 0.445. The quantitative estimate of drug-likeness (QED) is 0.698. The van der Waals surface area contributed by atoms with Crippen LogP contribution in [0.4, 0.5) is 0 Å². The van der Waals surface area contributed by atoms with Gasteiger partial charge in [-0.25, -0.2) is 0 Å². The molecule has 0 aromatic heterocycles. The van der Waals surface area contributed by atoms with Crippen molar-refractivity contribution in [3.63, 3.8) is 0 Å². The van der Waals surface area contributed by atoms with E-state index in [9.17, 15) is 0 Å². The second kappa shape index (κ2) is 6.51. The van der Waals surface area contributed by atoms with Gasteiger partial charge in [0.05, 0.1) is 17.5 Å². The number of hydrogen-bond donors (Lipinski definition) is 0. The maximum absolute atomic E-state index is 6.14. The van der Waals surface area contributed by atoms with E-state index in [1.54, 1.807) is 0 Å². The van der Waals surface area contributed by atoms with Crippen molar-refractivity contribution in [2.45, 2.75) is 38.0 Å². The van der Waals surface area contributed by atoms with Crippen LogP contribution in [0.15, 0.2) is 18.2 Å². The Morgan fingerprint density at radius 2 is 1.94 bits per heavy atom. The van der Waals surface area contributed by atoms with Gasteiger partial charge in [-0.2, -0.15) is 0 Å². The molecule has 1 fully saturated rings. The van der Waals surface area contributed by atoms with E-state index >= 15 is 0 Å². The number of benzene rings is 1. The Bertz CT molecular complexity index is 359. The highest BCUT2D eigenvalue weighted by molar-refractivity contribution is 6.32. The van der Waals surface area contributed by atoms with Gasteiger partial charge < -0.3 is 4.74 Å². The van der Waals surface area contributed by atoms with Crippen molar-refractivity contribution >= 4 is 23.2 Å². The van der Waals surface area contributed by atoms with Gasteiger partial charge in [0, 0.05) is 5.56 Å². The highest BCUT2D eigenvalue weighted by Crippen LogP contribution is 2.31. The second-order valence-electron chi connectivity index (χ2n) is 4.68. The van der Waals surface area contributed by atoms with Crippen LogP contribution in [0.5, 0.6) is 5.75 Å². The third-order valence-electron chi connectivity index (χ3n) is 3.38. The summed E-state index contributed by atoms with van der Waals surface area (Å²) in [5.74, 6) is 1.90. The summed E-state index contributed by atoms with van der Waals surface area (Å²) in [6.45, 7) is 0.771. The second-order valence-corrected chi connectivity index (χ2v) is 5.35. The van der Waals surface area contributed by atoms with E-state index < -0.39 is 0 Å². The van der Waals surface area contributed by atoms with Crippen LogP contribution in [0, 0.1) is 5.92 Å². The van der Waals surface area contributed by atoms with Gasteiger partial charge in [-0.3, -0.25) is 0 Å². The molecule has 0 spiro atoms. The Morgan fingerprint density at radius 3 is 2.65 bits per heavy atom. The maximum atomic E-state index is 6.14. The van der Waals surface area contributed by atoms with Crippen molar-refractivity contribution in [1.82, 2.24) is 0 Å². The summed E-state index contributed by atoms with van der Waals surface area (Å²) < 4.78 is 5.88. The Labute approximate surface area is 113 Å². The number of para-hydroxylation sites is 1. The lowest BCUT2D eigenvalue weighted by Gasteiger charge is -2.22. The molecule has 1 aliphatic carbocycles. The lowest BCUT2D eigenvalue weighted by atomic mass is 9.90. The van der Waals surface area contributed by atoms with Gasteiger partial charge in [-0.1, -0.05) is 43.0 Å². The zero-order chi connectivity index (χ0) is 12.1. The molecule has 1 nitrogen and oxygen atoms in total. The number of hydrogen-bond acceptors (Lipinski definition) is 1. The lowest BCUT2D eigenvalue weighted by Crippen LogP contribution is -2.15. The highest BCUT2D eigenvalue weighted by atomic mass is 35.5. The van der Waals surface area contributed by atoms with Crippen molar-refractivity contribution in [2.24, 2.45) is 5.92 Å².